The highest BCUT2D eigenvalue weighted by molar-refractivity contribution is 5.54. The summed E-state index contributed by atoms with van der Waals surface area (Å²) in [4.78, 5) is 6.31. The zero-order valence-corrected chi connectivity index (χ0v) is 9.63. The van der Waals surface area contributed by atoms with Crippen LogP contribution in [0, 0.1) is 0 Å². The van der Waals surface area contributed by atoms with Crippen molar-refractivity contribution in [3.05, 3.63) is 0 Å². The molecule has 3 N–H and O–H groups in total. The molecule has 88 valence electrons. The van der Waals surface area contributed by atoms with Crippen molar-refractivity contribution in [1.29, 1.82) is 0 Å². The van der Waals surface area contributed by atoms with E-state index in [9.17, 15) is 0 Å². The van der Waals surface area contributed by atoms with Gasteiger partial charge in [0.2, 0.25) is 0 Å². The fourth-order valence-electron chi connectivity index (χ4n) is 1.56. The molecule has 1 aliphatic heterocycles. The van der Waals surface area contributed by atoms with E-state index >= 15 is 0 Å². The Morgan fingerprint density at radius 3 is 1.80 bits per heavy atom. The van der Waals surface area contributed by atoms with Gasteiger partial charge in [-0.15, -0.1) is 0 Å². The monoisotopic (exact) mass is 213 g/mol. The fourth-order valence-corrected chi connectivity index (χ4v) is 1.56. The van der Waals surface area contributed by atoms with E-state index in [0.29, 0.717) is 0 Å². The van der Waals surface area contributed by atoms with Crippen molar-refractivity contribution >= 4 is 6.34 Å². The summed E-state index contributed by atoms with van der Waals surface area (Å²) in [7, 11) is 1.82. The molecule has 1 rings (SSSR count). The molecule has 1 saturated heterocycles. The summed E-state index contributed by atoms with van der Waals surface area (Å²) in [5.41, 5.74) is 0. The van der Waals surface area contributed by atoms with Crippen LogP contribution in [0.3, 0.4) is 0 Å². The Bertz CT molecular complexity index is 159. The van der Waals surface area contributed by atoms with Crippen LogP contribution < -0.4 is 16.0 Å². The Balaban J connectivity index is 2.25. The van der Waals surface area contributed by atoms with Crippen molar-refractivity contribution in [2.45, 2.75) is 0 Å². The van der Waals surface area contributed by atoms with Gasteiger partial charge in [0.05, 0.1) is 6.34 Å². The highest BCUT2D eigenvalue weighted by Gasteiger charge is 2.00. The van der Waals surface area contributed by atoms with Crippen LogP contribution in [0.25, 0.3) is 0 Å². The lowest BCUT2D eigenvalue weighted by atomic mass is 10.4. The lowest BCUT2D eigenvalue weighted by Gasteiger charge is -2.21. The molecule has 5 nitrogen and oxygen atoms in total. The van der Waals surface area contributed by atoms with Gasteiger partial charge in [-0.05, 0) is 0 Å². The molecule has 1 fully saturated rings. The smallest absolute Gasteiger partial charge is 0.0847 e. The van der Waals surface area contributed by atoms with Crippen LogP contribution in [0.15, 0.2) is 4.99 Å². The molecule has 0 spiro atoms. The average molecular weight is 213 g/mol. The van der Waals surface area contributed by atoms with Gasteiger partial charge in [-0.1, -0.05) is 0 Å². The molecule has 1 aliphatic rings. The van der Waals surface area contributed by atoms with Crippen molar-refractivity contribution < 1.29 is 0 Å². The summed E-state index contributed by atoms with van der Waals surface area (Å²) in [6, 6.07) is 0. The maximum absolute atomic E-state index is 4.06. The number of hydrogen-bond acceptors (Lipinski definition) is 4. The van der Waals surface area contributed by atoms with Crippen LogP contribution in [0.4, 0.5) is 0 Å². The second kappa shape index (κ2) is 8.64. The van der Waals surface area contributed by atoms with Gasteiger partial charge in [0, 0.05) is 59.4 Å². The molecular weight excluding hydrogens is 190 g/mol. The second-order valence-electron chi connectivity index (χ2n) is 3.66. The lowest BCUT2D eigenvalue weighted by molar-refractivity contribution is 0.404. The number of nitrogens with zero attached hydrogens (tertiary/aromatic N) is 2. The third kappa shape index (κ3) is 6.43. The second-order valence-corrected chi connectivity index (χ2v) is 3.66. The van der Waals surface area contributed by atoms with Gasteiger partial charge in [-0.2, -0.15) is 0 Å². The van der Waals surface area contributed by atoms with Gasteiger partial charge in [0.15, 0.2) is 0 Å². The van der Waals surface area contributed by atoms with Crippen molar-refractivity contribution in [2.75, 3.05) is 59.4 Å². The first-order valence-electron chi connectivity index (χ1n) is 5.72. The Hall–Kier alpha value is -0.650. The average Bonchev–Trinajstić information content (AvgIpc) is 2.22. The molecule has 15 heavy (non-hydrogen) atoms. The molecule has 0 unspecified atom stereocenters. The van der Waals surface area contributed by atoms with Crippen molar-refractivity contribution in [2.24, 2.45) is 4.99 Å². The van der Waals surface area contributed by atoms with E-state index in [4.69, 9.17) is 0 Å². The predicted octanol–water partition coefficient (Wildman–Crippen LogP) is -1.27. The van der Waals surface area contributed by atoms with Crippen molar-refractivity contribution in [3.8, 4) is 0 Å². The Morgan fingerprint density at radius 1 is 0.867 bits per heavy atom. The van der Waals surface area contributed by atoms with E-state index in [0.717, 1.165) is 52.4 Å². The molecule has 0 aliphatic carbocycles. The highest BCUT2D eigenvalue weighted by atomic mass is 15.2. The summed E-state index contributed by atoms with van der Waals surface area (Å²) in [6.07, 6.45) is 1.92. The van der Waals surface area contributed by atoms with E-state index in [-0.39, 0.29) is 0 Å². The molecule has 0 amide bonds. The van der Waals surface area contributed by atoms with Crippen LogP contribution in [-0.4, -0.2) is 70.6 Å². The van der Waals surface area contributed by atoms with Crippen molar-refractivity contribution in [1.82, 2.24) is 20.9 Å². The molecule has 1 heterocycles. The maximum atomic E-state index is 4.06. The first-order chi connectivity index (χ1) is 7.43. The van der Waals surface area contributed by atoms with E-state index in [1.165, 1.54) is 0 Å². The SMILES string of the molecule is CN=CN1CCNCCNCCNCC1. The number of aliphatic imine (C=N–C) groups is 1. The minimum Gasteiger partial charge on any atom is -0.360 e. The summed E-state index contributed by atoms with van der Waals surface area (Å²) < 4.78 is 0. The van der Waals surface area contributed by atoms with E-state index in [2.05, 4.69) is 25.8 Å². The first kappa shape index (κ1) is 12.4. The minimum atomic E-state index is 1.02. The van der Waals surface area contributed by atoms with E-state index in [1.54, 1.807) is 0 Å². The lowest BCUT2D eigenvalue weighted by Crippen LogP contribution is -2.41. The standard InChI is InChI=1S/C10H23N5/c1-11-10-15-8-6-13-4-2-12-3-5-14-7-9-15/h10,12-14H,2-9H2,1H3. The minimum absolute atomic E-state index is 1.02. The normalized spacial score (nSPS) is 22.3. The van der Waals surface area contributed by atoms with Crippen LogP contribution in [0.5, 0.6) is 0 Å². The number of hydrogen-bond donors (Lipinski definition) is 3. The Kier molecular flexibility index (Phi) is 7.16. The zero-order chi connectivity index (χ0) is 10.8. The van der Waals surface area contributed by atoms with Crippen LogP contribution >= 0.6 is 0 Å². The summed E-state index contributed by atoms with van der Waals surface area (Å²) >= 11 is 0. The molecule has 0 bridgehead atoms. The predicted molar refractivity (Wildman–Crippen MR) is 64.6 cm³/mol. The van der Waals surface area contributed by atoms with Gasteiger partial charge in [-0.3, -0.25) is 4.99 Å². The highest BCUT2D eigenvalue weighted by Crippen LogP contribution is 1.82. The number of rotatable bonds is 1. The molecular formula is C10H23N5. The number of nitrogens with one attached hydrogen (secondary N) is 3. The molecule has 5 heteroatoms. The third-order valence-electron chi connectivity index (χ3n) is 2.39. The summed E-state index contributed by atoms with van der Waals surface area (Å²) in [6.45, 7) is 8.26. The first-order valence-corrected chi connectivity index (χ1v) is 5.72. The Morgan fingerprint density at radius 2 is 1.33 bits per heavy atom. The van der Waals surface area contributed by atoms with Gasteiger partial charge >= 0.3 is 0 Å². The van der Waals surface area contributed by atoms with Gasteiger partial charge in [0.25, 0.3) is 0 Å². The van der Waals surface area contributed by atoms with E-state index < -0.39 is 0 Å². The molecule has 0 aromatic carbocycles. The molecule has 0 aromatic rings. The quantitative estimate of drug-likeness (QED) is 0.375. The van der Waals surface area contributed by atoms with Crippen LogP contribution in [-0.2, 0) is 0 Å². The van der Waals surface area contributed by atoms with Gasteiger partial charge in [-0.25, -0.2) is 0 Å². The maximum Gasteiger partial charge on any atom is 0.0847 e. The van der Waals surface area contributed by atoms with Crippen molar-refractivity contribution in [3.63, 3.8) is 0 Å². The fraction of sp³-hybridized carbons (Fsp3) is 0.900. The molecule has 0 atom stereocenters. The van der Waals surface area contributed by atoms with Crippen LogP contribution in [0.2, 0.25) is 0 Å². The van der Waals surface area contributed by atoms with Gasteiger partial charge in [0.1, 0.15) is 0 Å². The van der Waals surface area contributed by atoms with E-state index in [1.807, 2.05) is 13.4 Å². The topological polar surface area (TPSA) is 51.7 Å². The Labute approximate surface area is 92.3 Å². The largest absolute Gasteiger partial charge is 0.360 e. The summed E-state index contributed by atoms with van der Waals surface area (Å²) in [5.74, 6) is 0. The molecule has 0 saturated carbocycles. The molecule has 0 aromatic heterocycles. The summed E-state index contributed by atoms with van der Waals surface area (Å²) in [5, 5.41) is 10.2. The van der Waals surface area contributed by atoms with Crippen LogP contribution in [0.1, 0.15) is 0 Å². The third-order valence-corrected chi connectivity index (χ3v) is 2.39. The molecule has 0 radical (unpaired) electrons. The van der Waals surface area contributed by atoms with Gasteiger partial charge < -0.3 is 20.9 Å². The zero-order valence-electron chi connectivity index (χ0n) is 9.63.